The van der Waals surface area contributed by atoms with E-state index < -0.39 is 33.5 Å². The number of hydrogen-bond acceptors (Lipinski definition) is 8. The molecule has 20 heavy (non-hydrogen) atoms. The Morgan fingerprint density at radius 2 is 1.60 bits per heavy atom. The summed E-state index contributed by atoms with van der Waals surface area (Å²) in [6, 6.07) is 0. The van der Waals surface area contributed by atoms with E-state index in [0.29, 0.717) is 18.4 Å². The predicted molar refractivity (Wildman–Crippen MR) is 64.3 cm³/mol. The molecule has 6 rings (SSSR count). The highest BCUT2D eigenvalue weighted by molar-refractivity contribution is 7.52. The molecular weight excluding hydrogens is 310 g/mol. The van der Waals surface area contributed by atoms with Gasteiger partial charge in [-0.2, -0.15) is 0 Å². The van der Waals surface area contributed by atoms with E-state index in [1.54, 1.807) is 6.92 Å². The largest absolute Gasteiger partial charge is 0.485 e. The van der Waals surface area contributed by atoms with Gasteiger partial charge >= 0.3 is 21.6 Å². The number of fused-ring (bicyclic) bond motifs is 2. The summed E-state index contributed by atoms with van der Waals surface area (Å²) in [5.74, 6) is -3.44. The van der Waals surface area contributed by atoms with Crippen LogP contribution in [0.2, 0.25) is 0 Å². The molecule has 0 aromatic carbocycles. The Morgan fingerprint density at radius 1 is 1.05 bits per heavy atom. The van der Waals surface area contributed by atoms with Crippen molar-refractivity contribution in [3.63, 3.8) is 0 Å². The topological polar surface area (TPSA) is 89.5 Å². The lowest BCUT2D eigenvalue weighted by molar-refractivity contribution is -0.383. The summed E-state index contributed by atoms with van der Waals surface area (Å²) in [6.07, 6.45) is 0.799. The SMILES string of the molecule is CCC(CC)=C1C(C)OP2(=O)OC3(O2)OP2(=O)OC13O2. The van der Waals surface area contributed by atoms with Gasteiger partial charge in [-0.15, -0.1) is 0 Å². The Kier molecular flexibility index (Phi) is 2.48. The molecule has 0 aromatic rings. The van der Waals surface area contributed by atoms with Crippen LogP contribution in [0.4, 0.5) is 0 Å². The Bertz CT molecular complexity index is 599. The fourth-order valence-corrected chi connectivity index (χ4v) is 6.35. The number of hydrogen-bond donors (Lipinski definition) is 0. The van der Waals surface area contributed by atoms with Gasteiger partial charge in [-0.25, -0.2) is 31.7 Å². The van der Waals surface area contributed by atoms with Gasteiger partial charge in [0.1, 0.15) is 0 Å². The zero-order valence-corrected chi connectivity index (χ0v) is 12.9. The van der Waals surface area contributed by atoms with E-state index in [1.807, 2.05) is 13.8 Å². The Morgan fingerprint density at radius 3 is 2.15 bits per heavy atom. The molecule has 0 aliphatic carbocycles. The minimum Gasteiger partial charge on any atom is -0.279 e. The third kappa shape index (κ3) is 1.35. The summed E-state index contributed by atoms with van der Waals surface area (Å²) in [7, 11) is -7.38. The zero-order chi connectivity index (χ0) is 14.4. The summed E-state index contributed by atoms with van der Waals surface area (Å²) < 4.78 is 55.6. The zero-order valence-electron chi connectivity index (χ0n) is 11.2. The molecule has 6 aliphatic heterocycles. The average Bonchev–Trinajstić information content (AvgIpc) is 2.61. The lowest BCUT2D eigenvalue weighted by atomic mass is 9.90. The second-order valence-corrected chi connectivity index (χ2v) is 7.91. The predicted octanol–water partition coefficient (Wildman–Crippen LogP) is 3.21. The maximum absolute atomic E-state index is 12.1. The van der Waals surface area contributed by atoms with Gasteiger partial charge in [0, 0.05) is 5.57 Å². The molecule has 0 radical (unpaired) electrons. The van der Waals surface area contributed by atoms with E-state index in [9.17, 15) is 9.13 Å². The number of allylic oxidation sites excluding steroid dienone is 1. The van der Waals surface area contributed by atoms with Crippen molar-refractivity contribution in [3.8, 4) is 0 Å². The van der Waals surface area contributed by atoms with E-state index >= 15 is 0 Å². The minimum atomic E-state index is -3.71. The molecule has 6 aliphatic rings. The van der Waals surface area contributed by atoms with Crippen LogP contribution in [0.3, 0.4) is 0 Å². The first-order chi connectivity index (χ1) is 9.31. The van der Waals surface area contributed by atoms with E-state index in [2.05, 4.69) is 0 Å². The van der Waals surface area contributed by atoms with Crippen LogP contribution in [0.15, 0.2) is 11.1 Å². The van der Waals surface area contributed by atoms with Gasteiger partial charge in [0.25, 0.3) is 5.79 Å². The van der Waals surface area contributed by atoms with Crippen LogP contribution in [-0.2, 0) is 36.3 Å². The van der Waals surface area contributed by atoms with Gasteiger partial charge in [0.2, 0.25) is 0 Å². The van der Waals surface area contributed by atoms with Crippen molar-refractivity contribution >= 4 is 15.6 Å². The summed E-state index contributed by atoms with van der Waals surface area (Å²) >= 11 is 0. The lowest BCUT2D eigenvalue weighted by Gasteiger charge is -2.44. The molecule has 0 saturated carbocycles. The van der Waals surface area contributed by atoms with E-state index in [0.717, 1.165) is 5.57 Å². The van der Waals surface area contributed by atoms with Crippen LogP contribution >= 0.6 is 15.6 Å². The molecular formula is C10H14O8P2. The average molecular weight is 324 g/mol. The van der Waals surface area contributed by atoms with E-state index in [4.69, 9.17) is 27.1 Å². The molecule has 2 spiro atoms. The molecule has 1 unspecified atom stereocenters. The molecule has 0 N–H and O–H groups in total. The first-order valence-electron chi connectivity index (χ1n) is 6.45. The first-order valence-corrected chi connectivity index (χ1v) is 9.38. The quantitative estimate of drug-likeness (QED) is 0.565. The van der Waals surface area contributed by atoms with Crippen molar-refractivity contribution in [1.82, 2.24) is 0 Å². The lowest BCUT2D eigenvalue weighted by Crippen LogP contribution is -2.60. The van der Waals surface area contributed by atoms with Crippen LogP contribution in [0.25, 0.3) is 0 Å². The van der Waals surface area contributed by atoms with Crippen LogP contribution in [0.1, 0.15) is 33.6 Å². The Hall–Kier alpha value is -0.0400. The first kappa shape index (κ1) is 13.6. The number of rotatable bonds is 2. The molecule has 0 aromatic heterocycles. The van der Waals surface area contributed by atoms with Gasteiger partial charge in [0.05, 0.1) is 6.10 Å². The highest BCUT2D eigenvalue weighted by Gasteiger charge is 2.92. The Balaban J connectivity index is 1.93. The monoisotopic (exact) mass is 324 g/mol. The molecule has 112 valence electrons. The summed E-state index contributed by atoms with van der Waals surface area (Å²) in [5.41, 5.74) is 1.56. The maximum atomic E-state index is 12.1. The van der Waals surface area contributed by atoms with Crippen molar-refractivity contribution < 1.29 is 36.3 Å². The van der Waals surface area contributed by atoms with Crippen LogP contribution in [-0.4, -0.2) is 17.9 Å². The summed E-state index contributed by atoms with van der Waals surface area (Å²) in [5, 5.41) is 0. The minimum absolute atomic E-state index is 0.585. The van der Waals surface area contributed by atoms with Crippen molar-refractivity contribution in [3.05, 3.63) is 11.1 Å². The fourth-order valence-electron chi connectivity index (χ4n) is 3.10. The maximum Gasteiger partial charge on any atom is 0.485 e. The molecule has 8 nitrogen and oxygen atoms in total. The van der Waals surface area contributed by atoms with E-state index in [1.165, 1.54) is 0 Å². The molecule has 1 atom stereocenters. The normalized spacial score (nSPS) is 55.5. The molecule has 4 bridgehead atoms. The summed E-state index contributed by atoms with van der Waals surface area (Å²) in [6.45, 7) is 5.63. The summed E-state index contributed by atoms with van der Waals surface area (Å²) in [4.78, 5) is 0. The van der Waals surface area contributed by atoms with Gasteiger partial charge in [-0.05, 0) is 19.8 Å². The Labute approximate surface area is 115 Å². The smallest absolute Gasteiger partial charge is 0.279 e. The standard InChI is InChI=1S/C10H14O8P2/c1-4-7(5-2)8-6(3)13-19(11)16-10(17-19)9(8)14-20(12,15-9)18-10/h6H,4-5H2,1-3H3. The second kappa shape index (κ2) is 3.65. The number of phosphoric ester groups is 2. The van der Waals surface area contributed by atoms with Gasteiger partial charge in [-0.3, -0.25) is 4.52 Å². The second-order valence-electron chi connectivity index (χ2n) is 5.00. The van der Waals surface area contributed by atoms with Crippen molar-refractivity contribution in [2.45, 2.75) is 51.5 Å². The van der Waals surface area contributed by atoms with Crippen molar-refractivity contribution in [2.75, 3.05) is 0 Å². The molecule has 6 saturated heterocycles. The molecule has 6 heterocycles. The molecule has 0 amide bonds. The molecule has 6 fully saturated rings. The van der Waals surface area contributed by atoms with Crippen molar-refractivity contribution in [2.24, 2.45) is 0 Å². The van der Waals surface area contributed by atoms with Crippen LogP contribution in [0.5, 0.6) is 0 Å². The van der Waals surface area contributed by atoms with Crippen LogP contribution < -0.4 is 0 Å². The van der Waals surface area contributed by atoms with Crippen molar-refractivity contribution in [1.29, 1.82) is 0 Å². The third-order valence-electron chi connectivity index (χ3n) is 3.86. The van der Waals surface area contributed by atoms with Gasteiger partial charge < -0.3 is 0 Å². The highest BCUT2D eigenvalue weighted by atomic mass is 31.2. The van der Waals surface area contributed by atoms with Gasteiger partial charge in [-0.1, -0.05) is 19.4 Å². The van der Waals surface area contributed by atoms with Gasteiger partial charge in [0.15, 0.2) is 0 Å². The van der Waals surface area contributed by atoms with Crippen LogP contribution in [0, 0.1) is 0 Å². The van der Waals surface area contributed by atoms with E-state index in [-0.39, 0.29) is 0 Å². The number of phosphoric acid groups is 2. The third-order valence-corrected chi connectivity index (χ3v) is 6.79. The fraction of sp³-hybridized carbons (Fsp3) is 0.800. The molecule has 10 heteroatoms. The highest BCUT2D eigenvalue weighted by Crippen LogP contribution is 2.89.